The van der Waals surface area contributed by atoms with Gasteiger partial charge in [-0.3, -0.25) is 0 Å². The minimum atomic E-state index is -0.451. The van der Waals surface area contributed by atoms with E-state index in [0.717, 1.165) is 0 Å². The summed E-state index contributed by atoms with van der Waals surface area (Å²) in [5.41, 5.74) is 2.02. The third-order valence-corrected chi connectivity index (χ3v) is 3.51. The molecule has 0 atom stereocenters. The Hall–Kier alpha value is -3.46. The molecule has 120 valence electrons. The number of nitriles is 1. The van der Waals surface area contributed by atoms with Crippen LogP contribution in [0.5, 0.6) is 11.5 Å². The third-order valence-electron chi connectivity index (χ3n) is 3.51. The number of ether oxygens (including phenoxy) is 3. The van der Waals surface area contributed by atoms with Crippen molar-refractivity contribution in [2.45, 2.75) is 0 Å². The summed E-state index contributed by atoms with van der Waals surface area (Å²) >= 11 is 0. The number of allylic oxidation sites excluding steroid dienone is 1. The first-order valence-corrected chi connectivity index (χ1v) is 7.17. The van der Waals surface area contributed by atoms with Crippen molar-refractivity contribution in [2.24, 2.45) is 0 Å². The van der Waals surface area contributed by atoms with Crippen molar-refractivity contribution in [2.75, 3.05) is 19.2 Å². The fraction of sp³-hybridized carbons (Fsp3) is 0.111. The predicted octanol–water partition coefficient (Wildman–Crippen LogP) is 3.18. The van der Waals surface area contributed by atoms with Crippen LogP contribution in [0.3, 0.4) is 0 Å². The Balaban J connectivity index is 1.88. The molecule has 1 N–H and O–H groups in total. The predicted molar refractivity (Wildman–Crippen MR) is 87.6 cm³/mol. The minimum Gasteiger partial charge on any atom is -0.465 e. The van der Waals surface area contributed by atoms with Crippen LogP contribution in [0.25, 0.3) is 5.57 Å². The molecule has 0 bridgehead atoms. The number of methoxy groups -OCH3 is 1. The summed E-state index contributed by atoms with van der Waals surface area (Å²) in [5, 5.41) is 12.4. The maximum Gasteiger partial charge on any atom is 0.339 e. The molecule has 6 heteroatoms. The molecule has 0 amide bonds. The minimum absolute atomic E-state index is 0.176. The molecule has 0 radical (unpaired) electrons. The molecule has 0 unspecified atom stereocenters. The van der Waals surface area contributed by atoms with Gasteiger partial charge in [-0.05, 0) is 35.9 Å². The van der Waals surface area contributed by atoms with E-state index in [2.05, 4.69) is 11.4 Å². The highest BCUT2D eigenvalue weighted by molar-refractivity contribution is 5.96. The number of rotatable bonds is 4. The number of nitrogens with one attached hydrogen (secondary N) is 1. The number of fused-ring (bicyclic) bond motifs is 1. The Morgan fingerprint density at radius 1 is 1.25 bits per heavy atom. The summed E-state index contributed by atoms with van der Waals surface area (Å²) < 4.78 is 15.3. The summed E-state index contributed by atoms with van der Waals surface area (Å²) in [5.74, 6) is 0.803. The molecule has 0 aliphatic carbocycles. The summed E-state index contributed by atoms with van der Waals surface area (Å²) in [6, 6.07) is 14.3. The summed E-state index contributed by atoms with van der Waals surface area (Å²) in [7, 11) is 1.32. The van der Waals surface area contributed by atoms with Gasteiger partial charge in [-0.15, -0.1) is 0 Å². The fourth-order valence-corrected chi connectivity index (χ4v) is 2.29. The second kappa shape index (κ2) is 6.75. The van der Waals surface area contributed by atoms with Crippen LogP contribution >= 0.6 is 0 Å². The third kappa shape index (κ3) is 3.01. The van der Waals surface area contributed by atoms with Crippen molar-refractivity contribution < 1.29 is 19.0 Å². The van der Waals surface area contributed by atoms with Crippen molar-refractivity contribution in [3.8, 4) is 17.6 Å². The summed E-state index contributed by atoms with van der Waals surface area (Å²) in [6.07, 6.45) is 1.54. The van der Waals surface area contributed by atoms with Crippen LogP contribution in [0.2, 0.25) is 0 Å². The summed E-state index contributed by atoms with van der Waals surface area (Å²) in [6.45, 7) is 0.176. The molecule has 0 fully saturated rings. The number of para-hydroxylation sites is 1. The highest BCUT2D eigenvalue weighted by atomic mass is 16.7. The average Bonchev–Trinajstić information content (AvgIpc) is 3.10. The van der Waals surface area contributed by atoms with Crippen molar-refractivity contribution in [3.63, 3.8) is 0 Å². The average molecular weight is 322 g/mol. The second-order valence-corrected chi connectivity index (χ2v) is 4.92. The Kier molecular flexibility index (Phi) is 4.34. The number of anilines is 1. The summed E-state index contributed by atoms with van der Waals surface area (Å²) in [4.78, 5) is 11.8. The molecular formula is C18H14N2O4. The largest absolute Gasteiger partial charge is 0.465 e. The van der Waals surface area contributed by atoms with Crippen LogP contribution in [0.15, 0.2) is 48.7 Å². The molecule has 0 spiro atoms. The number of benzene rings is 2. The molecule has 1 heterocycles. The van der Waals surface area contributed by atoms with Gasteiger partial charge in [-0.25, -0.2) is 4.79 Å². The molecule has 2 aromatic carbocycles. The molecule has 6 nitrogen and oxygen atoms in total. The monoisotopic (exact) mass is 322 g/mol. The van der Waals surface area contributed by atoms with Crippen molar-refractivity contribution in [1.29, 1.82) is 5.26 Å². The van der Waals surface area contributed by atoms with E-state index in [9.17, 15) is 10.1 Å². The quantitative estimate of drug-likeness (QED) is 0.688. The first-order valence-electron chi connectivity index (χ1n) is 7.17. The Morgan fingerprint density at radius 2 is 2.04 bits per heavy atom. The fourth-order valence-electron chi connectivity index (χ4n) is 2.29. The van der Waals surface area contributed by atoms with Gasteiger partial charge in [0.15, 0.2) is 11.5 Å². The first-order chi connectivity index (χ1) is 11.7. The Morgan fingerprint density at radius 3 is 2.83 bits per heavy atom. The zero-order valence-corrected chi connectivity index (χ0v) is 12.9. The van der Waals surface area contributed by atoms with Gasteiger partial charge >= 0.3 is 5.97 Å². The molecular weight excluding hydrogens is 308 g/mol. The lowest BCUT2D eigenvalue weighted by atomic mass is 10.1. The van der Waals surface area contributed by atoms with Gasteiger partial charge in [0.25, 0.3) is 0 Å². The Bertz CT molecular complexity index is 852. The van der Waals surface area contributed by atoms with Crippen LogP contribution in [-0.2, 0) is 4.74 Å². The maximum absolute atomic E-state index is 11.8. The smallest absolute Gasteiger partial charge is 0.339 e. The number of hydrogen-bond donors (Lipinski definition) is 1. The number of carbonyl (C=O) groups excluding carboxylic acids is 1. The van der Waals surface area contributed by atoms with Crippen LogP contribution in [0, 0.1) is 11.3 Å². The number of esters is 1. The van der Waals surface area contributed by atoms with Gasteiger partial charge in [0, 0.05) is 6.20 Å². The molecule has 1 aliphatic heterocycles. The molecule has 2 aromatic rings. The van der Waals surface area contributed by atoms with Gasteiger partial charge < -0.3 is 19.5 Å². The van der Waals surface area contributed by atoms with Crippen LogP contribution < -0.4 is 14.8 Å². The number of hydrogen-bond acceptors (Lipinski definition) is 6. The van der Waals surface area contributed by atoms with E-state index in [1.807, 2.05) is 0 Å². The van der Waals surface area contributed by atoms with Gasteiger partial charge in [0.1, 0.15) is 6.07 Å². The molecule has 0 saturated carbocycles. The highest BCUT2D eigenvalue weighted by Gasteiger charge is 2.15. The SMILES string of the molecule is COC(=O)c1ccccc1N/C=C(\C#N)c1ccc2c(c1)OCO2. The lowest BCUT2D eigenvalue weighted by Gasteiger charge is -2.08. The molecule has 0 saturated heterocycles. The van der Waals surface area contributed by atoms with E-state index in [1.54, 1.807) is 48.7 Å². The van der Waals surface area contributed by atoms with Gasteiger partial charge in [0.05, 0.1) is 23.9 Å². The number of carbonyl (C=O) groups is 1. The lowest BCUT2D eigenvalue weighted by Crippen LogP contribution is -2.05. The van der Waals surface area contributed by atoms with Crippen molar-refractivity contribution >= 4 is 17.2 Å². The molecule has 0 aromatic heterocycles. The Labute approximate surface area is 138 Å². The highest BCUT2D eigenvalue weighted by Crippen LogP contribution is 2.34. The van der Waals surface area contributed by atoms with E-state index < -0.39 is 5.97 Å². The van der Waals surface area contributed by atoms with E-state index >= 15 is 0 Å². The molecule has 3 rings (SSSR count). The zero-order chi connectivity index (χ0) is 16.9. The zero-order valence-electron chi connectivity index (χ0n) is 12.9. The maximum atomic E-state index is 11.8. The first kappa shape index (κ1) is 15.4. The van der Waals surface area contributed by atoms with Crippen molar-refractivity contribution in [1.82, 2.24) is 0 Å². The van der Waals surface area contributed by atoms with Crippen LogP contribution in [-0.4, -0.2) is 19.9 Å². The van der Waals surface area contributed by atoms with Gasteiger partial charge in [-0.2, -0.15) is 5.26 Å². The van der Waals surface area contributed by atoms with E-state index in [4.69, 9.17) is 14.2 Å². The van der Waals surface area contributed by atoms with E-state index in [-0.39, 0.29) is 6.79 Å². The molecule has 1 aliphatic rings. The van der Waals surface area contributed by atoms with Gasteiger partial charge in [-0.1, -0.05) is 12.1 Å². The van der Waals surface area contributed by atoms with Gasteiger partial charge in [0.2, 0.25) is 6.79 Å². The van der Waals surface area contributed by atoms with E-state index in [1.165, 1.54) is 7.11 Å². The van der Waals surface area contributed by atoms with Crippen LogP contribution in [0.4, 0.5) is 5.69 Å². The normalized spacial score (nSPS) is 12.4. The standard InChI is InChI=1S/C18H14N2O4/c1-22-18(21)14-4-2-3-5-15(14)20-10-13(9-19)12-6-7-16-17(8-12)24-11-23-16/h2-8,10,20H,11H2,1H3/b13-10+. The van der Waals surface area contributed by atoms with Crippen molar-refractivity contribution in [3.05, 3.63) is 59.8 Å². The number of nitrogens with zero attached hydrogens (tertiary/aromatic N) is 1. The molecule has 24 heavy (non-hydrogen) atoms. The second-order valence-electron chi connectivity index (χ2n) is 4.92. The van der Waals surface area contributed by atoms with Crippen LogP contribution in [0.1, 0.15) is 15.9 Å². The lowest BCUT2D eigenvalue weighted by molar-refractivity contribution is 0.0602. The topological polar surface area (TPSA) is 80.6 Å². The van der Waals surface area contributed by atoms with E-state index in [0.29, 0.717) is 33.9 Å².